The zero-order valence-electron chi connectivity index (χ0n) is 10.0. The predicted molar refractivity (Wildman–Crippen MR) is 67.3 cm³/mol. The van der Waals surface area contributed by atoms with E-state index in [-0.39, 0.29) is 0 Å². The molecule has 0 radical (unpaired) electrons. The van der Waals surface area contributed by atoms with Gasteiger partial charge in [0.1, 0.15) is 0 Å². The topological polar surface area (TPSA) is 0 Å². The highest BCUT2D eigenvalue weighted by Crippen LogP contribution is 2.38. The molecule has 0 saturated heterocycles. The third-order valence-corrected chi connectivity index (χ3v) is 3.99. The van der Waals surface area contributed by atoms with E-state index in [0.29, 0.717) is 11.8 Å². The van der Waals surface area contributed by atoms with Crippen LogP contribution in [-0.4, -0.2) is 0 Å². The van der Waals surface area contributed by atoms with Crippen LogP contribution >= 0.6 is 0 Å². The summed E-state index contributed by atoms with van der Waals surface area (Å²) < 4.78 is 0. The van der Waals surface area contributed by atoms with E-state index in [9.17, 15) is 0 Å². The fourth-order valence-electron chi connectivity index (χ4n) is 3.01. The molecule has 0 N–H and O–H groups in total. The molecule has 80 valence electrons. The lowest BCUT2D eigenvalue weighted by Crippen LogP contribution is -2.30. The molecule has 15 heavy (non-hydrogen) atoms. The van der Waals surface area contributed by atoms with Crippen LogP contribution < -0.4 is 10.4 Å². The second-order valence-corrected chi connectivity index (χ2v) is 5.11. The largest absolute Gasteiger partial charge is 0.0915 e. The van der Waals surface area contributed by atoms with Crippen LogP contribution in [0.5, 0.6) is 0 Å². The standard InChI is InChI=1S/C15H20/c1-9-6-7-10(2)15-13(5)11(3)8-12(4)14(9)15/h6-7,11-13H,1-2,8H2,3-5H3. The number of rotatable bonds is 0. The first-order valence-corrected chi connectivity index (χ1v) is 5.83. The van der Waals surface area contributed by atoms with Gasteiger partial charge in [0.05, 0.1) is 0 Å². The van der Waals surface area contributed by atoms with Crippen LogP contribution in [0.2, 0.25) is 0 Å². The predicted octanol–water partition coefficient (Wildman–Crippen LogP) is 2.75. The first kappa shape index (κ1) is 10.5. The molecule has 0 heteroatoms. The van der Waals surface area contributed by atoms with Gasteiger partial charge in [0.15, 0.2) is 0 Å². The highest BCUT2D eigenvalue weighted by Gasteiger charge is 2.28. The number of hydrogen-bond donors (Lipinski definition) is 0. The van der Waals surface area contributed by atoms with E-state index in [1.165, 1.54) is 28.0 Å². The molecule has 3 atom stereocenters. The van der Waals surface area contributed by atoms with Gasteiger partial charge in [-0.1, -0.05) is 46.1 Å². The molecule has 0 nitrogen and oxygen atoms in total. The molecule has 0 amide bonds. The normalized spacial score (nSPS) is 29.9. The lowest BCUT2D eigenvalue weighted by Gasteiger charge is -2.33. The molecule has 0 heterocycles. The van der Waals surface area contributed by atoms with Crippen molar-refractivity contribution in [2.75, 3.05) is 0 Å². The summed E-state index contributed by atoms with van der Waals surface area (Å²) in [7, 11) is 0. The highest BCUT2D eigenvalue weighted by atomic mass is 14.3. The Kier molecular flexibility index (Phi) is 2.46. The van der Waals surface area contributed by atoms with Gasteiger partial charge in [0.2, 0.25) is 0 Å². The third kappa shape index (κ3) is 1.52. The van der Waals surface area contributed by atoms with Gasteiger partial charge in [-0.25, -0.2) is 0 Å². The van der Waals surface area contributed by atoms with Gasteiger partial charge >= 0.3 is 0 Å². The SMILES string of the molecule is C=c1ccc(=C)c2c1C(C)CC(C)C2C. The number of hydrogen-bond acceptors (Lipinski definition) is 0. The second-order valence-electron chi connectivity index (χ2n) is 5.11. The molecule has 2 rings (SSSR count). The Balaban J connectivity index is 2.76. The Labute approximate surface area is 92.3 Å². The van der Waals surface area contributed by atoms with E-state index in [2.05, 4.69) is 46.1 Å². The molecule has 1 aromatic rings. The summed E-state index contributed by atoms with van der Waals surface area (Å²) in [5, 5.41) is 2.40. The van der Waals surface area contributed by atoms with Crippen LogP contribution in [0.1, 0.15) is 50.2 Å². The van der Waals surface area contributed by atoms with Gasteiger partial charge < -0.3 is 0 Å². The van der Waals surface area contributed by atoms with E-state index in [1.807, 2.05) is 0 Å². The molecule has 0 bridgehead atoms. The lowest BCUT2D eigenvalue weighted by molar-refractivity contribution is 0.386. The van der Waals surface area contributed by atoms with Crippen LogP contribution in [0.4, 0.5) is 0 Å². The zero-order chi connectivity index (χ0) is 11.2. The van der Waals surface area contributed by atoms with E-state index in [1.54, 1.807) is 0 Å². The van der Waals surface area contributed by atoms with Crippen molar-refractivity contribution in [1.82, 2.24) is 0 Å². The Bertz CT molecular complexity index is 470. The minimum Gasteiger partial charge on any atom is -0.0915 e. The summed E-state index contributed by atoms with van der Waals surface area (Å²) in [6.45, 7) is 15.3. The Morgan fingerprint density at radius 1 is 1.00 bits per heavy atom. The molecule has 3 unspecified atom stereocenters. The molecule has 0 aliphatic heterocycles. The molecular formula is C15H20. The summed E-state index contributed by atoms with van der Waals surface area (Å²) in [5.74, 6) is 2.03. The minimum absolute atomic E-state index is 0.630. The zero-order valence-corrected chi connectivity index (χ0v) is 10.0. The van der Waals surface area contributed by atoms with Crippen molar-refractivity contribution in [3.8, 4) is 0 Å². The van der Waals surface area contributed by atoms with Crippen LogP contribution in [0.25, 0.3) is 13.2 Å². The maximum atomic E-state index is 4.17. The molecular weight excluding hydrogens is 180 g/mol. The average molecular weight is 200 g/mol. The smallest absolute Gasteiger partial charge is 0.0156 e. The fourth-order valence-corrected chi connectivity index (χ4v) is 3.01. The van der Waals surface area contributed by atoms with Gasteiger partial charge in [0, 0.05) is 0 Å². The quantitative estimate of drug-likeness (QED) is 0.604. The summed E-state index contributed by atoms with van der Waals surface area (Å²) >= 11 is 0. The van der Waals surface area contributed by atoms with E-state index in [0.717, 1.165) is 5.92 Å². The summed E-state index contributed by atoms with van der Waals surface area (Å²) in [6.07, 6.45) is 1.28. The van der Waals surface area contributed by atoms with E-state index < -0.39 is 0 Å². The molecule has 0 fully saturated rings. The van der Waals surface area contributed by atoms with E-state index >= 15 is 0 Å². The summed E-state index contributed by atoms with van der Waals surface area (Å²) in [6, 6.07) is 4.22. The van der Waals surface area contributed by atoms with E-state index in [4.69, 9.17) is 0 Å². The van der Waals surface area contributed by atoms with Crippen molar-refractivity contribution >= 4 is 13.2 Å². The average Bonchev–Trinajstić information content (AvgIpc) is 2.18. The maximum absolute atomic E-state index is 4.17. The van der Waals surface area contributed by atoms with Crippen LogP contribution in [0, 0.1) is 5.92 Å². The van der Waals surface area contributed by atoms with Crippen molar-refractivity contribution in [1.29, 1.82) is 0 Å². The molecule has 1 aliphatic rings. The van der Waals surface area contributed by atoms with Crippen molar-refractivity contribution < 1.29 is 0 Å². The molecule has 0 aromatic heterocycles. The Morgan fingerprint density at radius 3 is 2.13 bits per heavy atom. The Morgan fingerprint density at radius 2 is 1.53 bits per heavy atom. The summed E-state index contributed by atoms with van der Waals surface area (Å²) in [5.41, 5.74) is 2.93. The van der Waals surface area contributed by atoms with Gasteiger partial charge in [-0.3, -0.25) is 0 Å². The molecule has 1 aromatic carbocycles. The molecule has 0 spiro atoms. The Hall–Kier alpha value is -1.04. The minimum atomic E-state index is 0.630. The summed E-state index contributed by atoms with van der Waals surface area (Å²) in [4.78, 5) is 0. The van der Waals surface area contributed by atoms with Crippen LogP contribution in [0.3, 0.4) is 0 Å². The maximum Gasteiger partial charge on any atom is -0.0156 e. The van der Waals surface area contributed by atoms with Crippen molar-refractivity contribution in [3.05, 3.63) is 33.7 Å². The number of benzene rings is 1. The van der Waals surface area contributed by atoms with Crippen molar-refractivity contribution in [2.24, 2.45) is 5.92 Å². The van der Waals surface area contributed by atoms with Crippen LogP contribution in [0.15, 0.2) is 12.1 Å². The van der Waals surface area contributed by atoms with Gasteiger partial charge in [-0.05, 0) is 45.7 Å². The first-order valence-electron chi connectivity index (χ1n) is 5.83. The third-order valence-electron chi connectivity index (χ3n) is 3.99. The number of fused-ring (bicyclic) bond motifs is 1. The van der Waals surface area contributed by atoms with Crippen molar-refractivity contribution in [3.63, 3.8) is 0 Å². The first-order chi connectivity index (χ1) is 7.02. The van der Waals surface area contributed by atoms with Gasteiger partial charge in [-0.15, -0.1) is 0 Å². The molecule has 1 aliphatic carbocycles. The van der Waals surface area contributed by atoms with Gasteiger partial charge in [-0.2, -0.15) is 0 Å². The van der Waals surface area contributed by atoms with Crippen molar-refractivity contribution in [2.45, 2.75) is 39.0 Å². The monoisotopic (exact) mass is 200 g/mol. The van der Waals surface area contributed by atoms with Crippen LogP contribution in [-0.2, 0) is 0 Å². The lowest BCUT2D eigenvalue weighted by atomic mass is 9.71. The fraction of sp³-hybridized carbons (Fsp3) is 0.467. The van der Waals surface area contributed by atoms with Gasteiger partial charge in [0.25, 0.3) is 0 Å². The molecule has 0 saturated carbocycles. The highest BCUT2D eigenvalue weighted by molar-refractivity contribution is 5.40. The second kappa shape index (κ2) is 3.52.